The van der Waals surface area contributed by atoms with Crippen LogP contribution < -0.4 is 0 Å². The molecule has 2 atom stereocenters. The highest BCUT2D eigenvalue weighted by Crippen LogP contribution is 2.22. The summed E-state index contributed by atoms with van der Waals surface area (Å²) >= 11 is 0. The predicted molar refractivity (Wildman–Crippen MR) is 81.1 cm³/mol. The first-order valence-corrected chi connectivity index (χ1v) is 7.83. The van der Waals surface area contributed by atoms with Crippen LogP contribution in [0.3, 0.4) is 0 Å². The van der Waals surface area contributed by atoms with Crippen molar-refractivity contribution in [3.63, 3.8) is 0 Å². The van der Waals surface area contributed by atoms with Crippen LogP contribution >= 0.6 is 0 Å². The van der Waals surface area contributed by atoms with Crippen molar-refractivity contribution >= 4 is 5.91 Å². The van der Waals surface area contributed by atoms with E-state index in [4.69, 9.17) is 0 Å². The zero-order chi connectivity index (χ0) is 14.6. The molecular formula is C16H32N2O. The summed E-state index contributed by atoms with van der Waals surface area (Å²) in [6.45, 7) is 13.2. The summed E-state index contributed by atoms with van der Waals surface area (Å²) in [4.78, 5) is 16.6. The summed E-state index contributed by atoms with van der Waals surface area (Å²) in [7, 11) is 1.98. The number of nitrogens with zero attached hydrogens (tertiary/aromatic N) is 2. The minimum Gasteiger partial charge on any atom is -0.342 e. The van der Waals surface area contributed by atoms with Crippen LogP contribution in [0.15, 0.2) is 0 Å². The van der Waals surface area contributed by atoms with Crippen LogP contribution in [0.2, 0.25) is 0 Å². The van der Waals surface area contributed by atoms with Gasteiger partial charge in [0.1, 0.15) is 0 Å². The fourth-order valence-corrected chi connectivity index (χ4v) is 2.89. The summed E-state index contributed by atoms with van der Waals surface area (Å²) in [6, 6.07) is 1.03. The van der Waals surface area contributed by atoms with Crippen molar-refractivity contribution in [1.82, 2.24) is 9.80 Å². The van der Waals surface area contributed by atoms with Gasteiger partial charge in [-0.1, -0.05) is 27.7 Å². The van der Waals surface area contributed by atoms with E-state index >= 15 is 0 Å². The van der Waals surface area contributed by atoms with Crippen LogP contribution in [0.4, 0.5) is 0 Å². The lowest BCUT2D eigenvalue weighted by atomic mass is 9.95. The van der Waals surface area contributed by atoms with E-state index in [-0.39, 0.29) is 11.8 Å². The molecule has 0 radical (unpaired) electrons. The Kier molecular flexibility index (Phi) is 6.31. The van der Waals surface area contributed by atoms with Gasteiger partial charge < -0.3 is 9.80 Å². The van der Waals surface area contributed by atoms with Gasteiger partial charge in [0.15, 0.2) is 0 Å². The molecule has 0 aliphatic carbocycles. The van der Waals surface area contributed by atoms with Crippen molar-refractivity contribution in [3.05, 3.63) is 0 Å². The molecule has 1 rings (SSSR count). The fraction of sp³-hybridized carbons (Fsp3) is 0.938. The SMILES string of the molecule is CC(C)CCN1CC[C@@H](N(C)C(=O)C(C)C)C[C@@H]1C. The van der Waals surface area contributed by atoms with Gasteiger partial charge in [-0.3, -0.25) is 4.79 Å². The maximum absolute atomic E-state index is 12.1. The lowest BCUT2D eigenvalue weighted by Crippen LogP contribution is -2.50. The Bertz CT molecular complexity index is 288. The monoisotopic (exact) mass is 268 g/mol. The van der Waals surface area contributed by atoms with E-state index in [2.05, 4.69) is 25.7 Å². The van der Waals surface area contributed by atoms with Gasteiger partial charge in [-0.15, -0.1) is 0 Å². The first-order chi connectivity index (χ1) is 8.82. The lowest BCUT2D eigenvalue weighted by molar-refractivity contribution is -0.136. The number of piperidine rings is 1. The van der Waals surface area contributed by atoms with Gasteiger partial charge in [-0.2, -0.15) is 0 Å². The third-order valence-electron chi connectivity index (χ3n) is 4.37. The molecule has 3 heteroatoms. The van der Waals surface area contributed by atoms with Crippen molar-refractivity contribution in [3.8, 4) is 0 Å². The summed E-state index contributed by atoms with van der Waals surface area (Å²) in [5.74, 6) is 1.17. The average molecular weight is 268 g/mol. The molecule has 0 bridgehead atoms. The summed E-state index contributed by atoms with van der Waals surface area (Å²) in [5.41, 5.74) is 0. The highest BCUT2D eigenvalue weighted by atomic mass is 16.2. The number of carbonyl (C=O) groups excluding carboxylic acids is 1. The maximum atomic E-state index is 12.1. The van der Waals surface area contributed by atoms with E-state index in [0.29, 0.717) is 12.1 Å². The van der Waals surface area contributed by atoms with Gasteiger partial charge in [-0.05, 0) is 38.6 Å². The van der Waals surface area contributed by atoms with E-state index in [9.17, 15) is 4.79 Å². The molecule has 1 aliphatic rings. The van der Waals surface area contributed by atoms with Crippen molar-refractivity contribution in [2.24, 2.45) is 11.8 Å². The zero-order valence-electron chi connectivity index (χ0n) is 13.6. The summed E-state index contributed by atoms with van der Waals surface area (Å²) in [6.07, 6.45) is 3.51. The smallest absolute Gasteiger partial charge is 0.225 e. The molecule has 0 unspecified atom stereocenters. The number of amides is 1. The molecule has 0 saturated carbocycles. The Balaban J connectivity index is 2.46. The standard InChI is InChI=1S/C16H32N2O/c1-12(2)7-9-18-10-8-15(11-14(18)5)17(6)16(19)13(3)4/h12-15H,7-11H2,1-6H3/t14-,15+/m0/s1. The molecule has 3 nitrogen and oxygen atoms in total. The van der Waals surface area contributed by atoms with Gasteiger partial charge in [-0.25, -0.2) is 0 Å². The fourth-order valence-electron chi connectivity index (χ4n) is 2.89. The van der Waals surface area contributed by atoms with Crippen LogP contribution in [0.5, 0.6) is 0 Å². The second-order valence-electron chi connectivity index (χ2n) is 6.85. The van der Waals surface area contributed by atoms with Crippen LogP contribution in [0.1, 0.15) is 53.9 Å². The number of likely N-dealkylation sites (tertiary alicyclic amines) is 1. The molecule has 0 aromatic carbocycles. The first-order valence-electron chi connectivity index (χ1n) is 7.83. The third kappa shape index (κ3) is 4.79. The largest absolute Gasteiger partial charge is 0.342 e. The van der Waals surface area contributed by atoms with Gasteiger partial charge in [0.05, 0.1) is 0 Å². The van der Waals surface area contributed by atoms with Crippen LogP contribution in [0, 0.1) is 11.8 Å². The minimum atomic E-state index is 0.110. The number of rotatable bonds is 5. The molecule has 0 aromatic heterocycles. The molecule has 0 spiro atoms. The number of hydrogen-bond acceptors (Lipinski definition) is 2. The highest BCUT2D eigenvalue weighted by molar-refractivity contribution is 5.78. The lowest BCUT2D eigenvalue weighted by Gasteiger charge is -2.41. The van der Waals surface area contributed by atoms with Crippen molar-refractivity contribution in [1.29, 1.82) is 0 Å². The van der Waals surface area contributed by atoms with Crippen LogP contribution in [-0.2, 0) is 4.79 Å². The molecule has 19 heavy (non-hydrogen) atoms. The van der Waals surface area contributed by atoms with E-state index in [0.717, 1.165) is 25.3 Å². The topological polar surface area (TPSA) is 23.6 Å². The maximum Gasteiger partial charge on any atom is 0.225 e. The molecule has 1 aliphatic heterocycles. The Hall–Kier alpha value is -0.570. The quantitative estimate of drug-likeness (QED) is 0.765. The predicted octanol–water partition coefficient (Wildman–Crippen LogP) is 3.00. The Labute approximate surface area is 119 Å². The van der Waals surface area contributed by atoms with E-state index in [1.165, 1.54) is 13.0 Å². The summed E-state index contributed by atoms with van der Waals surface area (Å²) in [5, 5.41) is 0. The summed E-state index contributed by atoms with van der Waals surface area (Å²) < 4.78 is 0. The zero-order valence-corrected chi connectivity index (χ0v) is 13.6. The third-order valence-corrected chi connectivity index (χ3v) is 4.37. The number of carbonyl (C=O) groups is 1. The van der Waals surface area contributed by atoms with E-state index < -0.39 is 0 Å². The molecule has 1 fully saturated rings. The van der Waals surface area contributed by atoms with Crippen LogP contribution in [-0.4, -0.2) is 47.9 Å². The van der Waals surface area contributed by atoms with Crippen molar-refractivity contribution < 1.29 is 4.79 Å². The first kappa shape index (κ1) is 16.5. The second-order valence-corrected chi connectivity index (χ2v) is 6.85. The van der Waals surface area contributed by atoms with Crippen molar-refractivity contribution in [2.75, 3.05) is 20.1 Å². The van der Waals surface area contributed by atoms with Gasteiger partial charge in [0.25, 0.3) is 0 Å². The van der Waals surface area contributed by atoms with Crippen LogP contribution in [0.25, 0.3) is 0 Å². The van der Waals surface area contributed by atoms with Gasteiger partial charge in [0.2, 0.25) is 5.91 Å². The Morgan fingerprint density at radius 1 is 1.32 bits per heavy atom. The van der Waals surface area contributed by atoms with Crippen molar-refractivity contribution in [2.45, 2.75) is 66.0 Å². The second kappa shape index (κ2) is 7.28. The van der Waals surface area contributed by atoms with Gasteiger partial charge >= 0.3 is 0 Å². The average Bonchev–Trinajstić information content (AvgIpc) is 2.35. The number of hydrogen-bond donors (Lipinski definition) is 0. The van der Waals surface area contributed by atoms with E-state index in [1.807, 2.05) is 25.8 Å². The Morgan fingerprint density at radius 3 is 2.42 bits per heavy atom. The highest BCUT2D eigenvalue weighted by Gasteiger charge is 2.30. The molecule has 1 heterocycles. The molecular weight excluding hydrogens is 236 g/mol. The van der Waals surface area contributed by atoms with Gasteiger partial charge in [0, 0.05) is 31.6 Å². The minimum absolute atomic E-state index is 0.110. The molecule has 0 aromatic rings. The van der Waals surface area contributed by atoms with E-state index in [1.54, 1.807) is 0 Å². The molecule has 1 amide bonds. The normalized spacial score (nSPS) is 25.1. The molecule has 1 saturated heterocycles. The molecule has 0 N–H and O–H groups in total. The Morgan fingerprint density at radius 2 is 1.95 bits per heavy atom. The molecule has 112 valence electrons.